The minimum Gasteiger partial charge on any atom is -0.258 e. The van der Waals surface area contributed by atoms with Gasteiger partial charge in [0.2, 0.25) is 0 Å². The number of nitro benzene ring substituents is 1. The maximum atomic E-state index is 10.8. The van der Waals surface area contributed by atoms with Gasteiger partial charge in [-0.3, -0.25) is 10.1 Å². The molecule has 112 valence electrons. The lowest BCUT2D eigenvalue weighted by atomic mass is 10.2. The summed E-state index contributed by atoms with van der Waals surface area (Å²) in [5.41, 5.74) is 2.29. The van der Waals surface area contributed by atoms with Gasteiger partial charge in [-0.2, -0.15) is 0 Å². The lowest BCUT2D eigenvalue weighted by molar-refractivity contribution is -0.384. The molecule has 3 aromatic rings. The lowest BCUT2D eigenvalue weighted by Gasteiger charge is -2.02. The summed E-state index contributed by atoms with van der Waals surface area (Å²) >= 11 is 1.46. The van der Waals surface area contributed by atoms with Gasteiger partial charge in [0.25, 0.3) is 5.69 Å². The first kappa shape index (κ1) is 14.4. The number of non-ortho nitro benzene ring substituents is 1. The maximum absolute atomic E-state index is 10.8. The van der Waals surface area contributed by atoms with Crippen LogP contribution >= 0.6 is 11.8 Å². The Hall–Kier alpha value is -2.55. The number of thioether (sulfide) groups is 1. The van der Waals surface area contributed by atoms with Crippen LogP contribution in [0.5, 0.6) is 0 Å². The van der Waals surface area contributed by atoms with Crippen LogP contribution in [-0.2, 0) is 12.3 Å². The highest BCUT2D eigenvalue weighted by Gasteiger charge is 2.12. The predicted octanol–water partition coefficient (Wildman–Crippen LogP) is 2.44. The zero-order valence-electron chi connectivity index (χ0n) is 11.7. The molecule has 0 bridgehead atoms. The van der Waals surface area contributed by atoms with E-state index in [-0.39, 0.29) is 5.69 Å². The SMILES string of the molecule is CCn1nnc2c(SCc3cccc([N+](=O)[O-])c3)ncnc21. The molecule has 0 radical (unpaired) electrons. The molecule has 0 amide bonds. The van der Waals surface area contributed by atoms with E-state index >= 15 is 0 Å². The quantitative estimate of drug-likeness (QED) is 0.308. The van der Waals surface area contributed by atoms with Crippen molar-refractivity contribution in [2.45, 2.75) is 24.2 Å². The molecule has 2 heterocycles. The summed E-state index contributed by atoms with van der Waals surface area (Å²) in [5.74, 6) is 0.562. The Morgan fingerprint density at radius 1 is 1.36 bits per heavy atom. The molecule has 0 saturated carbocycles. The van der Waals surface area contributed by atoms with E-state index in [1.807, 2.05) is 13.0 Å². The number of nitrogens with zero attached hydrogens (tertiary/aromatic N) is 6. The van der Waals surface area contributed by atoms with Crippen molar-refractivity contribution in [1.29, 1.82) is 0 Å². The van der Waals surface area contributed by atoms with E-state index in [1.54, 1.807) is 16.8 Å². The molecule has 0 N–H and O–H groups in total. The molecule has 9 heteroatoms. The summed E-state index contributed by atoms with van der Waals surface area (Å²) in [7, 11) is 0. The molecule has 0 aliphatic heterocycles. The Bertz CT molecular complexity index is 834. The van der Waals surface area contributed by atoms with Crippen LogP contribution in [0.25, 0.3) is 11.2 Å². The van der Waals surface area contributed by atoms with Gasteiger partial charge in [0, 0.05) is 24.4 Å². The minimum atomic E-state index is -0.399. The highest BCUT2D eigenvalue weighted by molar-refractivity contribution is 7.98. The Balaban J connectivity index is 1.84. The fraction of sp³-hybridized carbons (Fsp3) is 0.231. The molecule has 0 spiro atoms. The topological polar surface area (TPSA) is 99.6 Å². The monoisotopic (exact) mass is 316 g/mol. The molecule has 0 saturated heterocycles. The molecule has 0 aliphatic carbocycles. The number of aromatic nitrogens is 5. The summed E-state index contributed by atoms with van der Waals surface area (Å²) in [5, 5.41) is 19.6. The molecular weight excluding hydrogens is 304 g/mol. The van der Waals surface area contributed by atoms with Crippen LogP contribution in [0.4, 0.5) is 5.69 Å². The molecule has 2 aromatic heterocycles. The van der Waals surface area contributed by atoms with Gasteiger partial charge in [-0.25, -0.2) is 14.6 Å². The number of hydrogen-bond acceptors (Lipinski definition) is 7. The fourth-order valence-electron chi connectivity index (χ4n) is 2.00. The average molecular weight is 316 g/mol. The first-order chi connectivity index (χ1) is 10.7. The summed E-state index contributed by atoms with van der Waals surface area (Å²) in [4.78, 5) is 18.8. The van der Waals surface area contributed by atoms with Gasteiger partial charge in [-0.15, -0.1) is 5.10 Å². The van der Waals surface area contributed by atoms with Crippen molar-refractivity contribution in [2.75, 3.05) is 0 Å². The molecule has 22 heavy (non-hydrogen) atoms. The molecule has 0 aliphatic rings. The highest BCUT2D eigenvalue weighted by Crippen LogP contribution is 2.27. The van der Waals surface area contributed by atoms with E-state index in [9.17, 15) is 10.1 Å². The number of fused-ring (bicyclic) bond motifs is 1. The first-order valence-electron chi connectivity index (χ1n) is 6.59. The minimum absolute atomic E-state index is 0.0860. The van der Waals surface area contributed by atoms with Crippen LogP contribution in [0.2, 0.25) is 0 Å². The summed E-state index contributed by atoms with van der Waals surface area (Å²) < 4.78 is 1.70. The third-order valence-corrected chi connectivity index (χ3v) is 4.11. The molecule has 8 nitrogen and oxygen atoms in total. The van der Waals surface area contributed by atoms with Crippen LogP contribution in [0, 0.1) is 10.1 Å². The van der Waals surface area contributed by atoms with Crippen LogP contribution in [0.1, 0.15) is 12.5 Å². The molecule has 1 aromatic carbocycles. The van der Waals surface area contributed by atoms with E-state index < -0.39 is 4.92 Å². The Morgan fingerprint density at radius 2 is 2.23 bits per heavy atom. The normalized spacial score (nSPS) is 11.0. The summed E-state index contributed by atoms with van der Waals surface area (Å²) in [6.07, 6.45) is 1.48. The van der Waals surface area contributed by atoms with Crippen molar-refractivity contribution in [1.82, 2.24) is 25.0 Å². The highest BCUT2D eigenvalue weighted by atomic mass is 32.2. The predicted molar refractivity (Wildman–Crippen MR) is 81.4 cm³/mol. The van der Waals surface area contributed by atoms with Crippen molar-refractivity contribution < 1.29 is 4.92 Å². The lowest BCUT2D eigenvalue weighted by Crippen LogP contribution is -1.97. The first-order valence-corrected chi connectivity index (χ1v) is 7.58. The molecule has 0 atom stereocenters. The zero-order chi connectivity index (χ0) is 15.5. The third-order valence-electron chi connectivity index (χ3n) is 3.06. The van der Waals surface area contributed by atoms with E-state index in [2.05, 4.69) is 20.3 Å². The van der Waals surface area contributed by atoms with Crippen molar-refractivity contribution in [3.63, 3.8) is 0 Å². The number of hydrogen-bond donors (Lipinski definition) is 0. The maximum Gasteiger partial charge on any atom is 0.269 e. The second-order valence-electron chi connectivity index (χ2n) is 4.47. The number of rotatable bonds is 5. The van der Waals surface area contributed by atoms with Crippen molar-refractivity contribution in [3.05, 3.63) is 46.3 Å². The Kier molecular flexibility index (Phi) is 3.96. The van der Waals surface area contributed by atoms with Crippen molar-refractivity contribution in [3.8, 4) is 0 Å². The van der Waals surface area contributed by atoms with Gasteiger partial charge >= 0.3 is 0 Å². The van der Waals surface area contributed by atoms with Gasteiger partial charge < -0.3 is 0 Å². The number of benzene rings is 1. The number of aryl methyl sites for hydroxylation is 1. The molecule has 3 rings (SSSR count). The van der Waals surface area contributed by atoms with Crippen LogP contribution in [0.15, 0.2) is 35.6 Å². The van der Waals surface area contributed by atoms with Crippen LogP contribution in [0.3, 0.4) is 0 Å². The second-order valence-corrected chi connectivity index (χ2v) is 5.44. The van der Waals surface area contributed by atoms with Crippen LogP contribution in [-0.4, -0.2) is 29.9 Å². The smallest absolute Gasteiger partial charge is 0.258 e. The summed E-state index contributed by atoms with van der Waals surface area (Å²) in [6.45, 7) is 2.65. The van der Waals surface area contributed by atoms with Gasteiger partial charge in [-0.1, -0.05) is 29.1 Å². The Labute approximate surface area is 129 Å². The largest absolute Gasteiger partial charge is 0.269 e. The zero-order valence-corrected chi connectivity index (χ0v) is 12.5. The molecule has 0 unspecified atom stereocenters. The number of nitro groups is 1. The van der Waals surface area contributed by atoms with Crippen molar-refractivity contribution in [2.24, 2.45) is 0 Å². The summed E-state index contributed by atoms with van der Waals surface area (Å²) in [6, 6.07) is 6.57. The van der Waals surface area contributed by atoms with Gasteiger partial charge in [0.15, 0.2) is 11.2 Å². The standard InChI is InChI=1S/C13H12N6O2S/c1-2-18-12-11(16-17-18)13(15-8-14-12)22-7-9-4-3-5-10(6-9)19(20)21/h3-6,8H,2,7H2,1H3. The third kappa shape index (κ3) is 2.75. The van der Waals surface area contributed by atoms with E-state index in [1.165, 1.54) is 24.2 Å². The van der Waals surface area contributed by atoms with Gasteiger partial charge in [-0.05, 0) is 12.5 Å². The molecule has 0 fully saturated rings. The van der Waals surface area contributed by atoms with Gasteiger partial charge in [0.05, 0.1) is 4.92 Å². The van der Waals surface area contributed by atoms with E-state index in [4.69, 9.17) is 0 Å². The van der Waals surface area contributed by atoms with Gasteiger partial charge in [0.1, 0.15) is 11.4 Å². The average Bonchev–Trinajstić information content (AvgIpc) is 2.97. The van der Waals surface area contributed by atoms with E-state index in [0.29, 0.717) is 23.5 Å². The Morgan fingerprint density at radius 3 is 3.00 bits per heavy atom. The van der Waals surface area contributed by atoms with E-state index in [0.717, 1.165) is 10.6 Å². The second kappa shape index (κ2) is 6.06. The van der Waals surface area contributed by atoms with Crippen molar-refractivity contribution >= 4 is 28.6 Å². The van der Waals surface area contributed by atoms with Crippen LogP contribution < -0.4 is 0 Å². The fourth-order valence-corrected chi connectivity index (χ4v) is 2.87. The molecular formula is C13H12N6O2S.